The lowest BCUT2D eigenvalue weighted by Crippen LogP contribution is -2.17. The van der Waals surface area contributed by atoms with E-state index in [0.29, 0.717) is 17.6 Å². The topological polar surface area (TPSA) is 128 Å². The molecule has 3 rings (SSSR count). The third kappa shape index (κ3) is 2.35. The number of halogens is 1. The standard InChI is InChI=1S/C11H13ClN8O/c1-2-6-5(18-19-14)3-7(21-6)20-4-15-8-9(12)16-11(13)17-10(8)20/h4-7H,2-3H2,1H3,(H2,13,16,17)/t5?,6-,7?/m1/s1. The summed E-state index contributed by atoms with van der Waals surface area (Å²) >= 11 is 6.00. The Bertz CT molecular complexity index is 724. The zero-order chi connectivity index (χ0) is 15.0. The van der Waals surface area contributed by atoms with Gasteiger partial charge in [0.25, 0.3) is 0 Å². The molecule has 2 aromatic heterocycles. The third-order valence-corrected chi connectivity index (χ3v) is 3.78. The molecule has 0 aliphatic carbocycles. The van der Waals surface area contributed by atoms with Crippen LogP contribution < -0.4 is 5.73 Å². The van der Waals surface area contributed by atoms with Gasteiger partial charge in [-0.25, -0.2) is 4.98 Å². The highest BCUT2D eigenvalue weighted by atomic mass is 35.5. The van der Waals surface area contributed by atoms with Gasteiger partial charge in [-0.05, 0) is 12.0 Å². The molecule has 0 spiro atoms. The van der Waals surface area contributed by atoms with E-state index in [1.54, 1.807) is 10.9 Å². The molecule has 10 heteroatoms. The Hall–Kier alpha value is -2.09. The first kappa shape index (κ1) is 13.9. The molecular weight excluding hydrogens is 296 g/mol. The summed E-state index contributed by atoms with van der Waals surface area (Å²) in [4.78, 5) is 15.1. The van der Waals surface area contributed by atoms with Gasteiger partial charge in [0.15, 0.2) is 10.8 Å². The second-order valence-corrected chi connectivity index (χ2v) is 5.10. The molecule has 1 fully saturated rings. The van der Waals surface area contributed by atoms with E-state index in [1.807, 2.05) is 6.92 Å². The summed E-state index contributed by atoms with van der Waals surface area (Å²) in [6.07, 6.45) is 2.44. The lowest BCUT2D eigenvalue weighted by Gasteiger charge is -2.14. The van der Waals surface area contributed by atoms with Crippen molar-refractivity contribution in [2.45, 2.75) is 38.1 Å². The number of fused-ring (bicyclic) bond motifs is 1. The first-order valence-electron chi connectivity index (χ1n) is 6.49. The van der Waals surface area contributed by atoms with Crippen molar-refractivity contribution in [2.75, 3.05) is 5.73 Å². The summed E-state index contributed by atoms with van der Waals surface area (Å²) in [5.41, 5.74) is 15.2. The van der Waals surface area contributed by atoms with Gasteiger partial charge in [-0.2, -0.15) is 9.97 Å². The normalized spacial score (nSPS) is 25.1. The van der Waals surface area contributed by atoms with Crippen LogP contribution in [-0.2, 0) is 4.74 Å². The Morgan fingerprint density at radius 1 is 1.62 bits per heavy atom. The average molecular weight is 309 g/mol. The van der Waals surface area contributed by atoms with Crippen LogP contribution in [0.4, 0.5) is 5.95 Å². The summed E-state index contributed by atoms with van der Waals surface area (Å²) in [6.45, 7) is 1.98. The average Bonchev–Trinajstić information content (AvgIpc) is 3.02. The van der Waals surface area contributed by atoms with E-state index >= 15 is 0 Å². The summed E-state index contributed by atoms with van der Waals surface area (Å²) < 4.78 is 7.67. The molecule has 2 aromatic rings. The van der Waals surface area contributed by atoms with Gasteiger partial charge in [0.2, 0.25) is 5.95 Å². The molecule has 21 heavy (non-hydrogen) atoms. The van der Waals surface area contributed by atoms with Gasteiger partial charge in [0.1, 0.15) is 11.7 Å². The minimum Gasteiger partial charge on any atom is -0.368 e. The van der Waals surface area contributed by atoms with E-state index in [4.69, 9.17) is 27.6 Å². The third-order valence-electron chi connectivity index (χ3n) is 3.51. The van der Waals surface area contributed by atoms with Gasteiger partial charge < -0.3 is 10.5 Å². The van der Waals surface area contributed by atoms with Crippen LogP contribution in [0.5, 0.6) is 0 Å². The van der Waals surface area contributed by atoms with Crippen molar-refractivity contribution in [1.29, 1.82) is 0 Å². The van der Waals surface area contributed by atoms with Crippen molar-refractivity contribution < 1.29 is 4.74 Å². The number of nitrogens with two attached hydrogens (primary N) is 1. The van der Waals surface area contributed by atoms with Gasteiger partial charge in [-0.3, -0.25) is 4.57 Å². The highest BCUT2D eigenvalue weighted by Crippen LogP contribution is 2.34. The number of hydrogen-bond acceptors (Lipinski definition) is 6. The van der Waals surface area contributed by atoms with Gasteiger partial charge in [0.05, 0.1) is 18.5 Å². The van der Waals surface area contributed by atoms with Crippen LogP contribution >= 0.6 is 11.6 Å². The number of nitrogens with zero attached hydrogens (tertiary/aromatic N) is 7. The van der Waals surface area contributed by atoms with E-state index in [1.165, 1.54) is 0 Å². The zero-order valence-corrected chi connectivity index (χ0v) is 12.0. The van der Waals surface area contributed by atoms with Crippen LogP contribution in [0.15, 0.2) is 11.4 Å². The maximum atomic E-state index is 8.63. The van der Waals surface area contributed by atoms with E-state index in [0.717, 1.165) is 6.42 Å². The van der Waals surface area contributed by atoms with Gasteiger partial charge in [-0.15, -0.1) is 0 Å². The summed E-state index contributed by atoms with van der Waals surface area (Å²) in [5, 5.41) is 3.99. The molecule has 1 aliphatic heterocycles. The highest BCUT2D eigenvalue weighted by Gasteiger charge is 2.35. The van der Waals surface area contributed by atoms with Crippen LogP contribution in [0.25, 0.3) is 21.6 Å². The first-order valence-corrected chi connectivity index (χ1v) is 6.87. The number of nitrogen functional groups attached to an aromatic ring is 1. The number of rotatable bonds is 3. The maximum absolute atomic E-state index is 8.63. The molecule has 0 saturated carbocycles. The van der Waals surface area contributed by atoms with Gasteiger partial charge in [-0.1, -0.05) is 23.6 Å². The molecule has 3 atom stereocenters. The Morgan fingerprint density at radius 2 is 2.43 bits per heavy atom. The zero-order valence-electron chi connectivity index (χ0n) is 11.2. The molecule has 1 saturated heterocycles. The molecule has 3 heterocycles. The number of imidazole rings is 1. The fourth-order valence-corrected chi connectivity index (χ4v) is 2.77. The predicted molar refractivity (Wildman–Crippen MR) is 76.5 cm³/mol. The molecule has 0 amide bonds. The molecule has 110 valence electrons. The SMILES string of the molecule is CC[C@H]1OC(n2cnc3c(Cl)nc(N)nc32)CC1N=[N+]=[N-]. The van der Waals surface area contributed by atoms with Crippen LogP contribution in [0.1, 0.15) is 26.0 Å². The fraction of sp³-hybridized carbons (Fsp3) is 0.545. The van der Waals surface area contributed by atoms with E-state index < -0.39 is 0 Å². The van der Waals surface area contributed by atoms with Crippen LogP contribution in [0, 0.1) is 0 Å². The second kappa shape index (κ2) is 5.36. The minimum absolute atomic E-state index is 0.0749. The van der Waals surface area contributed by atoms with Crippen molar-refractivity contribution in [3.63, 3.8) is 0 Å². The van der Waals surface area contributed by atoms with E-state index in [2.05, 4.69) is 25.0 Å². The Balaban J connectivity index is 2.00. The Kier molecular flexibility index (Phi) is 3.54. The molecule has 0 aromatic carbocycles. The van der Waals surface area contributed by atoms with E-state index in [9.17, 15) is 0 Å². The largest absolute Gasteiger partial charge is 0.368 e. The Morgan fingerprint density at radius 3 is 3.14 bits per heavy atom. The van der Waals surface area contributed by atoms with Gasteiger partial charge >= 0.3 is 0 Å². The molecular formula is C11H13ClN8O. The summed E-state index contributed by atoms with van der Waals surface area (Å²) in [5.74, 6) is 0.0749. The monoisotopic (exact) mass is 308 g/mol. The number of hydrogen-bond donors (Lipinski definition) is 1. The molecule has 1 aliphatic rings. The van der Waals surface area contributed by atoms with Crippen molar-refractivity contribution in [1.82, 2.24) is 19.5 Å². The van der Waals surface area contributed by atoms with Crippen molar-refractivity contribution >= 4 is 28.7 Å². The lowest BCUT2D eigenvalue weighted by molar-refractivity contribution is 0.000706. The number of ether oxygens (including phenoxy) is 1. The van der Waals surface area contributed by atoms with Crippen molar-refractivity contribution in [3.8, 4) is 0 Å². The van der Waals surface area contributed by atoms with Crippen LogP contribution in [0.3, 0.4) is 0 Å². The predicted octanol–water partition coefficient (Wildman–Crippen LogP) is 2.44. The smallest absolute Gasteiger partial charge is 0.223 e. The second-order valence-electron chi connectivity index (χ2n) is 4.74. The molecule has 0 bridgehead atoms. The fourth-order valence-electron chi connectivity index (χ4n) is 2.55. The highest BCUT2D eigenvalue weighted by molar-refractivity contribution is 6.33. The molecule has 0 radical (unpaired) electrons. The Labute approximate surface area is 124 Å². The van der Waals surface area contributed by atoms with Crippen LogP contribution in [-0.4, -0.2) is 31.7 Å². The number of aromatic nitrogens is 4. The number of anilines is 1. The quantitative estimate of drug-likeness (QED) is 0.403. The number of azide groups is 1. The summed E-state index contributed by atoms with van der Waals surface area (Å²) in [7, 11) is 0. The maximum Gasteiger partial charge on any atom is 0.223 e. The van der Waals surface area contributed by atoms with E-state index in [-0.39, 0.29) is 29.5 Å². The molecule has 2 unspecified atom stereocenters. The molecule has 2 N–H and O–H groups in total. The lowest BCUT2D eigenvalue weighted by atomic mass is 10.1. The molecule has 9 nitrogen and oxygen atoms in total. The van der Waals surface area contributed by atoms with Gasteiger partial charge in [0, 0.05) is 11.3 Å². The van der Waals surface area contributed by atoms with Crippen LogP contribution in [0.2, 0.25) is 5.15 Å². The minimum atomic E-state index is -0.319. The van der Waals surface area contributed by atoms with Crippen molar-refractivity contribution in [3.05, 3.63) is 21.9 Å². The van der Waals surface area contributed by atoms with Crippen molar-refractivity contribution in [2.24, 2.45) is 5.11 Å². The first-order chi connectivity index (χ1) is 10.1. The summed E-state index contributed by atoms with van der Waals surface area (Å²) in [6, 6.07) is -0.211.